The SMILES string of the molecule is CO[C@@]1(C(=O)NC2CCC3NNC(c4ccnc(C5CC5)c4)C3C2)CCN(CC(=O)N2CC=C(c3ccc(-c4ncccn4)cc3)CC2)C1. The van der Waals surface area contributed by atoms with E-state index in [-0.39, 0.29) is 30.4 Å². The molecule has 8 rings (SSSR count). The second kappa shape index (κ2) is 13.7. The minimum atomic E-state index is -0.946. The summed E-state index contributed by atoms with van der Waals surface area (Å²) < 4.78 is 5.95. The number of aromatic nitrogens is 3. The van der Waals surface area contributed by atoms with Crippen LogP contribution in [0.1, 0.15) is 73.7 Å². The second-order valence-corrected chi connectivity index (χ2v) is 14.4. The summed E-state index contributed by atoms with van der Waals surface area (Å²) >= 11 is 0. The Morgan fingerprint density at radius 2 is 1.80 bits per heavy atom. The van der Waals surface area contributed by atoms with Crippen molar-refractivity contribution in [2.24, 2.45) is 5.92 Å². The van der Waals surface area contributed by atoms with Gasteiger partial charge in [-0.3, -0.25) is 24.9 Å². The van der Waals surface area contributed by atoms with Crippen molar-refractivity contribution < 1.29 is 14.3 Å². The summed E-state index contributed by atoms with van der Waals surface area (Å²) in [5, 5.41) is 3.38. The molecule has 4 fully saturated rings. The maximum Gasteiger partial charge on any atom is 0.253 e. The van der Waals surface area contributed by atoms with E-state index < -0.39 is 5.60 Å². The Kier molecular flexibility index (Phi) is 9.00. The van der Waals surface area contributed by atoms with Crippen LogP contribution in [0.15, 0.2) is 67.1 Å². The second-order valence-electron chi connectivity index (χ2n) is 14.4. The van der Waals surface area contributed by atoms with Crippen LogP contribution in [0.3, 0.4) is 0 Å². The van der Waals surface area contributed by atoms with Gasteiger partial charge in [0.15, 0.2) is 11.4 Å². The predicted molar refractivity (Wildman–Crippen MR) is 186 cm³/mol. The molecule has 256 valence electrons. The van der Waals surface area contributed by atoms with Crippen LogP contribution < -0.4 is 16.2 Å². The van der Waals surface area contributed by atoms with E-state index in [2.05, 4.69) is 66.4 Å². The third-order valence-corrected chi connectivity index (χ3v) is 11.4. The summed E-state index contributed by atoms with van der Waals surface area (Å²) in [4.78, 5) is 44.5. The maximum atomic E-state index is 13.8. The van der Waals surface area contributed by atoms with Gasteiger partial charge in [-0.2, -0.15) is 0 Å². The van der Waals surface area contributed by atoms with Crippen LogP contribution in [0, 0.1) is 5.92 Å². The van der Waals surface area contributed by atoms with Crippen molar-refractivity contribution in [3.63, 3.8) is 0 Å². The molecule has 5 heterocycles. The van der Waals surface area contributed by atoms with E-state index in [1.807, 2.05) is 29.3 Å². The lowest BCUT2D eigenvalue weighted by molar-refractivity contribution is -0.144. The molecule has 0 bridgehead atoms. The van der Waals surface area contributed by atoms with Gasteiger partial charge < -0.3 is 15.0 Å². The van der Waals surface area contributed by atoms with Gasteiger partial charge in [0.2, 0.25) is 5.91 Å². The number of hydrogen-bond donors (Lipinski definition) is 3. The Morgan fingerprint density at radius 1 is 0.980 bits per heavy atom. The van der Waals surface area contributed by atoms with Gasteiger partial charge in [0.25, 0.3) is 5.91 Å². The third kappa shape index (κ3) is 6.77. The van der Waals surface area contributed by atoms with Gasteiger partial charge in [-0.1, -0.05) is 30.3 Å². The molecule has 11 heteroatoms. The highest BCUT2D eigenvalue weighted by Gasteiger charge is 2.48. The lowest BCUT2D eigenvalue weighted by atomic mass is 9.77. The minimum Gasteiger partial charge on any atom is -0.367 e. The fourth-order valence-corrected chi connectivity index (χ4v) is 8.27. The number of nitrogens with zero attached hydrogens (tertiary/aromatic N) is 5. The molecule has 3 N–H and O–H groups in total. The molecule has 11 nitrogen and oxygen atoms in total. The van der Waals surface area contributed by atoms with Crippen molar-refractivity contribution in [1.82, 2.24) is 40.9 Å². The molecule has 3 aliphatic heterocycles. The highest BCUT2D eigenvalue weighted by atomic mass is 16.5. The first kappa shape index (κ1) is 32.2. The number of rotatable bonds is 9. The van der Waals surface area contributed by atoms with Crippen LogP contribution >= 0.6 is 0 Å². The lowest BCUT2D eigenvalue weighted by Gasteiger charge is -2.36. The largest absolute Gasteiger partial charge is 0.367 e. The highest BCUT2D eigenvalue weighted by Crippen LogP contribution is 2.42. The molecule has 2 saturated heterocycles. The third-order valence-electron chi connectivity index (χ3n) is 11.4. The first-order chi connectivity index (χ1) is 24.0. The summed E-state index contributed by atoms with van der Waals surface area (Å²) in [5.41, 5.74) is 12.0. The number of hydrazine groups is 1. The maximum absolute atomic E-state index is 13.8. The van der Waals surface area contributed by atoms with Gasteiger partial charge in [-0.05, 0) is 85.8 Å². The van der Waals surface area contributed by atoms with E-state index in [0.29, 0.717) is 56.3 Å². The quantitative estimate of drug-likeness (QED) is 0.315. The van der Waals surface area contributed by atoms with Crippen molar-refractivity contribution in [1.29, 1.82) is 0 Å². The first-order valence-electron chi connectivity index (χ1n) is 17.9. The zero-order chi connectivity index (χ0) is 33.4. The Labute approximate surface area is 287 Å². The molecular formula is C38H46N8O3. The zero-order valence-electron chi connectivity index (χ0n) is 28.2. The molecule has 5 aliphatic rings. The summed E-state index contributed by atoms with van der Waals surface area (Å²) in [6.07, 6.45) is 14.3. The average Bonchev–Trinajstić information content (AvgIpc) is 3.79. The molecule has 5 atom stereocenters. The van der Waals surface area contributed by atoms with Crippen LogP contribution in [0.25, 0.3) is 17.0 Å². The Morgan fingerprint density at radius 3 is 2.55 bits per heavy atom. The van der Waals surface area contributed by atoms with Gasteiger partial charge in [-0.25, -0.2) is 15.4 Å². The van der Waals surface area contributed by atoms with Crippen molar-refractivity contribution in [3.05, 3.63) is 84.0 Å². The van der Waals surface area contributed by atoms with E-state index in [4.69, 9.17) is 4.74 Å². The van der Waals surface area contributed by atoms with Gasteiger partial charge in [-0.15, -0.1) is 0 Å². The summed E-state index contributed by atoms with van der Waals surface area (Å²) in [7, 11) is 1.62. The molecule has 0 spiro atoms. The van der Waals surface area contributed by atoms with Gasteiger partial charge >= 0.3 is 0 Å². The van der Waals surface area contributed by atoms with Crippen LogP contribution in [0.2, 0.25) is 0 Å². The van der Waals surface area contributed by atoms with Crippen molar-refractivity contribution in [2.45, 2.75) is 74.6 Å². The van der Waals surface area contributed by atoms with E-state index in [1.165, 1.54) is 29.7 Å². The molecule has 2 aliphatic carbocycles. The monoisotopic (exact) mass is 662 g/mol. The summed E-state index contributed by atoms with van der Waals surface area (Å²) in [6, 6.07) is 15.2. The molecule has 49 heavy (non-hydrogen) atoms. The number of carbonyl (C=O) groups is 2. The van der Waals surface area contributed by atoms with Crippen LogP contribution in [0.5, 0.6) is 0 Å². The van der Waals surface area contributed by atoms with Gasteiger partial charge in [0, 0.05) is 81.1 Å². The highest BCUT2D eigenvalue weighted by molar-refractivity contribution is 5.87. The number of nitrogens with one attached hydrogen (secondary N) is 3. The van der Waals surface area contributed by atoms with E-state index in [0.717, 1.165) is 36.8 Å². The average molecular weight is 663 g/mol. The molecular weight excluding hydrogens is 616 g/mol. The number of pyridine rings is 1. The predicted octanol–water partition coefficient (Wildman–Crippen LogP) is 3.63. The normalized spacial score (nSPS) is 28.6. The molecule has 1 aromatic carbocycles. The van der Waals surface area contributed by atoms with Gasteiger partial charge in [0.05, 0.1) is 12.6 Å². The fraction of sp³-hybridized carbons (Fsp3) is 0.500. The van der Waals surface area contributed by atoms with E-state index >= 15 is 0 Å². The van der Waals surface area contributed by atoms with Crippen LogP contribution in [-0.4, -0.2) is 94.1 Å². The lowest BCUT2D eigenvalue weighted by Crippen LogP contribution is -2.55. The van der Waals surface area contributed by atoms with Crippen LogP contribution in [-0.2, 0) is 14.3 Å². The summed E-state index contributed by atoms with van der Waals surface area (Å²) in [6.45, 7) is 2.61. The van der Waals surface area contributed by atoms with Crippen molar-refractivity contribution >= 4 is 17.4 Å². The molecule has 0 radical (unpaired) electrons. The molecule has 3 aromatic rings. The number of likely N-dealkylation sites (tertiary alicyclic amines) is 1. The molecule has 2 amide bonds. The number of carbonyl (C=O) groups excluding carboxylic acids is 2. The number of benzene rings is 1. The standard InChI is InChI=1S/C38H46N8O3/c1-49-38(37(48)42-30-9-10-32-31(22-30)35(44-43-32)29-11-17-39-33(21-29)27-5-6-27)14-20-45(24-38)23-34(47)46-18-12-26(13-19-46)25-3-7-28(8-4-25)36-40-15-2-16-41-36/h2-4,7-8,11-12,15-17,21,27,30-32,35,43-44H,5-6,9-10,13-14,18-20,22-24H2,1H3,(H,42,48)/t30?,31?,32?,35?,38-/m0/s1. The number of fused-ring (bicyclic) bond motifs is 1. The van der Waals surface area contributed by atoms with E-state index in [1.54, 1.807) is 19.5 Å². The minimum absolute atomic E-state index is 0.0563. The van der Waals surface area contributed by atoms with Gasteiger partial charge in [0.1, 0.15) is 0 Å². The molecule has 2 aromatic heterocycles. The smallest absolute Gasteiger partial charge is 0.253 e. The Bertz CT molecular complexity index is 1700. The van der Waals surface area contributed by atoms with Crippen LogP contribution in [0.4, 0.5) is 0 Å². The summed E-state index contributed by atoms with van der Waals surface area (Å²) in [5.74, 6) is 1.74. The first-order valence-corrected chi connectivity index (χ1v) is 17.9. The molecule has 4 unspecified atom stereocenters. The zero-order valence-corrected chi connectivity index (χ0v) is 28.2. The number of amides is 2. The Balaban J connectivity index is 0.838. The Hall–Kier alpha value is -4.03. The fourth-order valence-electron chi connectivity index (χ4n) is 8.27. The molecule has 2 saturated carbocycles. The topological polar surface area (TPSA) is 125 Å². The van der Waals surface area contributed by atoms with E-state index in [9.17, 15) is 9.59 Å². The number of hydrogen-bond acceptors (Lipinski definition) is 9. The number of ether oxygens (including phenoxy) is 1. The van der Waals surface area contributed by atoms with Crippen molar-refractivity contribution in [2.75, 3.05) is 39.8 Å². The number of methoxy groups -OCH3 is 1. The van der Waals surface area contributed by atoms with Crippen molar-refractivity contribution in [3.8, 4) is 11.4 Å².